The van der Waals surface area contributed by atoms with Crippen molar-refractivity contribution in [1.29, 1.82) is 0 Å². The minimum Gasteiger partial charge on any atom is -0.0622 e. The SMILES string of the molecule is C1=C2c3ccccc3C34c5ccccc5CC23C(=C(c2ccccc2)c2ccccc21)c1ccccc14. The van der Waals surface area contributed by atoms with Gasteiger partial charge in [0.15, 0.2) is 0 Å². The normalized spacial score (nSPS) is 23.3. The van der Waals surface area contributed by atoms with Crippen molar-refractivity contribution in [2.45, 2.75) is 11.8 Å². The van der Waals surface area contributed by atoms with E-state index in [2.05, 4.69) is 133 Å². The minimum absolute atomic E-state index is 0.186. The molecule has 9 rings (SSSR count). The van der Waals surface area contributed by atoms with Gasteiger partial charge in [-0.1, -0.05) is 127 Å². The van der Waals surface area contributed by atoms with Crippen molar-refractivity contribution >= 4 is 22.8 Å². The van der Waals surface area contributed by atoms with Crippen LogP contribution in [0.3, 0.4) is 0 Å². The highest BCUT2D eigenvalue weighted by atomic mass is 14.7. The Bertz CT molecular complexity index is 1850. The number of allylic oxidation sites excluding steroid dienone is 2. The van der Waals surface area contributed by atoms with Gasteiger partial charge in [0.1, 0.15) is 0 Å². The quantitative estimate of drug-likeness (QED) is 0.232. The molecule has 5 aromatic carbocycles. The summed E-state index contributed by atoms with van der Waals surface area (Å²) in [4.78, 5) is 0. The maximum absolute atomic E-state index is 2.53. The zero-order valence-electron chi connectivity index (χ0n) is 20.4. The molecule has 0 heteroatoms. The van der Waals surface area contributed by atoms with Gasteiger partial charge in [0.25, 0.3) is 0 Å². The maximum Gasteiger partial charge on any atom is 0.0606 e. The van der Waals surface area contributed by atoms with Crippen LogP contribution < -0.4 is 0 Å². The molecule has 0 aromatic heterocycles. The predicted octanol–water partition coefficient (Wildman–Crippen LogP) is 8.40. The highest BCUT2D eigenvalue weighted by molar-refractivity contribution is 6.17. The van der Waals surface area contributed by atoms with Crippen molar-refractivity contribution in [2.24, 2.45) is 5.41 Å². The predicted molar refractivity (Wildman–Crippen MR) is 152 cm³/mol. The number of fused-ring (bicyclic) bond motifs is 6. The minimum atomic E-state index is -0.222. The molecule has 4 aliphatic carbocycles. The molecule has 0 nitrogen and oxygen atoms in total. The van der Waals surface area contributed by atoms with Gasteiger partial charge < -0.3 is 0 Å². The van der Waals surface area contributed by atoms with Crippen molar-refractivity contribution in [1.82, 2.24) is 0 Å². The Labute approximate surface area is 217 Å². The van der Waals surface area contributed by atoms with Gasteiger partial charge in [-0.3, -0.25) is 0 Å². The first-order valence-electron chi connectivity index (χ1n) is 13.3. The van der Waals surface area contributed by atoms with Crippen LogP contribution in [0, 0.1) is 5.41 Å². The molecule has 4 aliphatic rings. The highest BCUT2D eigenvalue weighted by Crippen LogP contribution is 2.79. The van der Waals surface area contributed by atoms with E-state index in [9.17, 15) is 0 Å². The number of rotatable bonds is 1. The third-order valence-corrected chi connectivity index (χ3v) is 9.47. The Kier molecular flexibility index (Phi) is 3.55. The van der Waals surface area contributed by atoms with E-state index in [1.807, 2.05) is 0 Å². The van der Waals surface area contributed by atoms with Crippen LogP contribution in [-0.2, 0) is 11.8 Å². The van der Waals surface area contributed by atoms with Gasteiger partial charge in [-0.05, 0) is 79.3 Å². The molecule has 5 aromatic rings. The molecule has 0 saturated carbocycles. The van der Waals surface area contributed by atoms with Crippen molar-refractivity contribution in [3.63, 3.8) is 0 Å². The number of benzene rings is 5. The molecule has 2 unspecified atom stereocenters. The summed E-state index contributed by atoms with van der Waals surface area (Å²) < 4.78 is 0. The largest absolute Gasteiger partial charge is 0.0622 e. The van der Waals surface area contributed by atoms with E-state index in [0.29, 0.717) is 0 Å². The maximum atomic E-state index is 2.53. The first-order valence-corrected chi connectivity index (χ1v) is 13.3. The topological polar surface area (TPSA) is 0 Å². The van der Waals surface area contributed by atoms with Gasteiger partial charge in [-0.15, -0.1) is 0 Å². The zero-order valence-corrected chi connectivity index (χ0v) is 20.4. The van der Waals surface area contributed by atoms with E-state index < -0.39 is 0 Å². The Hall–Kier alpha value is -4.42. The molecule has 0 amide bonds. The average molecular weight is 469 g/mol. The highest BCUT2D eigenvalue weighted by Gasteiger charge is 2.72. The molecular weight excluding hydrogens is 444 g/mol. The molecule has 172 valence electrons. The average Bonchev–Trinajstić information content (AvgIpc) is 3.44. The van der Waals surface area contributed by atoms with Gasteiger partial charge in [0.2, 0.25) is 0 Å². The van der Waals surface area contributed by atoms with Crippen molar-refractivity contribution in [3.05, 3.63) is 177 Å². The second-order valence-electron chi connectivity index (χ2n) is 10.8. The summed E-state index contributed by atoms with van der Waals surface area (Å²) in [5.74, 6) is 0. The molecule has 0 fully saturated rings. The van der Waals surface area contributed by atoms with Crippen molar-refractivity contribution in [3.8, 4) is 0 Å². The lowest BCUT2D eigenvalue weighted by Crippen LogP contribution is -2.37. The van der Waals surface area contributed by atoms with Gasteiger partial charge in [0.05, 0.1) is 5.41 Å². The van der Waals surface area contributed by atoms with Crippen LogP contribution in [0.1, 0.15) is 50.1 Å². The van der Waals surface area contributed by atoms with Gasteiger partial charge in [0, 0.05) is 5.41 Å². The molecule has 37 heavy (non-hydrogen) atoms. The first kappa shape index (κ1) is 19.7. The van der Waals surface area contributed by atoms with E-state index in [-0.39, 0.29) is 10.8 Å². The lowest BCUT2D eigenvalue weighted by atomic mass is 9.61. The Morgan fingerprint density at radius 3 is 1.89 bits per heavy atom. The molecule has 0 radical (unpaired) electrons. The zero-order chi connectivity index (χ0) is 24.2. The summed E-state index contributed by atoms with van der Waals surface area (Å²) in [6.07, 6.45) is 3.54. The molecular formula is C37H24. The van der Waals surface area contributed by atoms with Crippen LogP contribution in [0.25, 0.3) is 22.8 Å². The third kappa shape index (κ3) is 2.07. The van der Waals surface area contributed by atoms with E-state index in [1.165, 1.54) is 66.8 Å². The van der Waals surface area contributed by atoms with E-state index >= 15 is 0 Å². The fourth-order valence-electron chi connectivity index (χ4n) is 8.42. The fraction of sp³-hybridized carbons (Fsp3) is 0.0811. The lowest BCUT2D eigenvalue weighted by Gasteiger charge is -2.39. The summed E-state index contributed by atoms with van der Waals surface area (Å²) in [5, 5.41) is 0. The molecule has 0 saturated heterocycles. The fourth-order valence-corrected chi connectivity index (χ4v) is 8.42. The summed E-state index contributed by atoms with van der Waals surface area (Å²) >= 11 is 0. The lowest BCUT2D eigenvalue weighted by molar-refractivity contribution is 0.445. The Morgan fingerprint density at radius 2 is 1.08 bits per heavy atom. The summed E-state index contributed by atoms with van der Waals surface area (Å²) in [6.45, 7) is 0. The molecule has 2 atom stereocenters. The molecule has 1 spiro atoms. The third-order valence-electron chi connectivity index (χ3n) is 9.47. The van der Waals surface area contributed by atoms with Crippen molar-refractivity contribution < 1.29 is 0 Å². The van der Waals surface area contributed by atoms with Crippen LogP contribution in [0.5, 0.6) is 0 Å². The monoisotopic (exact) mass is 468 g/mol. The molecule has 0 aliphatic heterocycles. The van der Waals surface area contributed by atoms with Crippen LogP contribution >= 0.6 is 0 Å². The van der Waals surface area contributed by atoms with Crippen LogP contribution in [0.15, 0.2) is 127 Å². The van der Waals surface area contributed by atoms with Crippen LogP contribution in [0.4, 0.5) is 0 Å². The number of hydrogen-bond donors (Lipinski definition) is 0. The van der Waals surface area contributed by atoms with E-state index in [1.54, 1.807) is 0 Å². The first-order chi connectivity index (χ1) is 18.4. The molecule has 0 heterocycles. The Morgan fingerprint density at radius 1 is 0.486 bits per heavy atom. The summed E-state index contributed by atoms with van der Waals surface area (Å²) in [5.41, 5.74) is 16.6. The summed E-state index contributed by atoms with van der Waals surface area (Å²) in [7, 11) is 0. The van der Waals surface area contributed by atoms with Crippen molar-refractivity contribution in [2.75, 3.05) is 0 Å². The van der Waals surface area contributed by atoms with Crippen LogP contribution in [-0.4, -0.2) is 0 Å². The van der Waals surface area contributed by atoms with Gasteiger partial charge in [-0.2, -0.15) is 0 Å². The standard InChI is InChI=1S/C37H24/c1-2-12-24(13-3-1)34-27-16-6-4-14-25(27)22-33-28-17-7-10-20-31(28)37-30-19-9-5-15-26(30)23-36(33,37)35(34)29-18-8-11-21-32(29)37/h1-22H,23H2. The van der Waals surface area contributed by atoms with Crippen LogP contribution in [0.2, 0.25) is 0 Å². The van der Waals surface area contributed by atoms with E-state index in [4.69, 9.17) is 0 Å². The molecule has 0 bridgehead atoms. The Balaban J connectivity index is 1.59. The second kappa shape index (κ2) is 6.66. The molecule has 0 N–H and O–H groups in total. The second-order valence-corrected chi connectivity index (χ2v) is 10.8. The van der Waals surface area contributed by atoms with Gasteiger partial charge in [-0.25, -0.2) is 0 Å². The number of hydrogen-bond acceptors (Lipinski definition) is 0. The van der Waals surface area contributed by atoms with Gasteiger partial charge >= 0.3 is 0 Å². The van der Waals surface area contributed by atoms with E-state index in [0.717, 1.165) is 6.42 Å². The smallest absolute Gasteiger partial charge is 0.0606 e. The summed E-state index contributed by atoms with van der Waals surface area (Å²) in [6, 6.07) is 47.9.